The fraction of sp³-hybridized carbons (Fsp3) is 0.882. The predicted octanol–water partition coefficient (Wildman–Crippen LogP) is 1.60. The van der Waals surface area contributed by atoms with Crippen LogP contribution in [-0.2, 0) is 4.79 Å². The topological polar surface area (TPSA) is 59.4 Å². The second kappa shape index (κ2) is 9.12. The number of nitrogens with one attached hydrogen (secondary N) is 1. The molecule has 5 heteroatoms. The third kappa shape index (κ3) is 5.26. The molecule has 0 radical (unpaired) electrons. The molecule has 0 unspecified atom stereocenters. The molecule has 0 aromatic heterocycles. The van der Waals surface area contributed by atoms with Crippen LogP contribution in [0.5, 0.6) is 0 Å². The van der Waals surface area contributed by atoms with Crippen LogP contribution in [0.25, 0.3) is 0 Å². The number of nitriles is 1. The SMILES string of the molecule is CCN1CCN(CCC(=O)N[C@H](C#N)C2CCCCC2)CC1. The summed E-state index contributed by atoms with van der Waals surface area (Å²) in [7, 11) is 0. The molecule has 0 aromatic carbocycles. The lowest BCUT2D eigenvalue weighted by Gasteiger charge is -2.34. The number of carbonyl (C=O) groups is 1. The highest BCUT2D eigenvalue weighted by Gasteiger charge is 2.25. The van der Waals surface area contributed by atoms with Gasteiger partial charge in [0.25, 0.3) is 0 Å². The number of piperazine rings is 1. The first-order chi connectivity index (χ1) is 10.7. The van der Waals surface area contributed by atoms with E-state index in [9.17, 15) is 10.1 Å². The minimum Gasteiger partial charge on any atom is -0.340 e. The van der Waals surface area contributed by atoms with Crippen molar-refractivity contribution in [3.63, 3.8) is 0 Å². The Bertz CT molecular complexity index is 379. The standard InChI is InChI=1S/C17H30N4O/c1-2-20-10-12-21(13-11-20)9-8-17(22)19-16(14-18)15-6-4-3-5-7-15/h15-16H,2-13H2,1H3,(H,19,22)/t16-/m1/s1. The van der Waals surface area contributed by atoms with E-state index in [0.29, 0.717) is 12.3 Å². The molecule has 124 valence electrons. The zero-order valence-electron chi connectivity index (χ0n) is 13.9. The predicted molar refractivity (Wildman–Crippen MR) is 87.3 cm³/mol. The smallest absolute Gasteiger partial charge is 0.222 e. The highest BCUT2D eigenvalue weighted by molar-refractivity contribution is 5.76. The van der Waals surface area contributed by atoms with Crippen LogP contribution in [-0.4, -0.2) is 61.0 Å². The molecule has 0 aromatic rings. The van der Waals surface area contributed by atoms with E-state index >= 15 is 0 Å². The van der Waals surface area contributed by atoms with E-state index in [1.807, 2.05) is 0 Å². The van der Waals surface area contributed by atoms with Crippen molar-refractivity contribution in [3.8, 4) is 6.07 Å². The summed E-state index contributed by atoms with van der Waals surface area (Å²) in [5.74, 6) is 0.394. The second-order valence-electron chi connectivity index (χ2n) is 6.60. The summed E-state index contributed by atoms with van der Waals surface area (Å²) in [4.78, 5) is 16.9. The van der Waals surface area contributed by atoms with Gasteiger partial charge in [0.05, 0.1) is 6.07 Å². The molecule has 22 heavy (non-hydrogen) atoms. The van der Waals surface area contributed by atoms with Crippen LogP contribution in [0.3, 0.4) is 0 Å². The van der Waals surface area contributed by atoms with Gasteiger partial charge >= 0.3 is 0 Å². The van der Waals surface area contributed by atoms with Gasteiger partial charge in [0.2, 0.25) is 5.91 Å². The van der Waals surface area contributed by atoms with Crippen molar-refractivity contribution in [2.45, 2.75) is 51.5 Å². The number of rotatable bonds is 6. The van der Waals surface area contributed by atoms with Gasteiger partial charge in [-0.1, -0.05) is 26.2 Å². The maximum atomic E-state index is 12.1. The van der Waals surface area contributed by atoms with Gasteiger partial charge < -0.3 is 15.1 Å². The largest absolute Gasteiger partial charge is 0.340 e. The third-order valence-electron chi connectivity index (χ3n) is 5.14. The molecule has 1 aliphatic carbocycles. The van der Waals surface area contributed by atoms with E-state index in [1.165, 1.54) is 19.3 Å². The van der Waals surface area contributed by atoms with Crippen LogP contribution in [0, 0.1) is 17.2 Å². The van der Waals surface area contributed by atoms with E-state index in [1.54, 1.807) is 0 Å². The second-order valence-corrected chi connectivity index (χ2v) is 6.60. The molecule has 1 aliphatic heterocycles. The first kappa shape index (κ1) is 17.2. The van der Waals surface area contributed by atoms with Gasteiger partial charge in [-0.2, -0.15) is 5.26 Å². The quantitative estimate of drug-likeness (QED) is 0.810. The molecular formula is C17H30N4O. The van der Waals surface area contributed by atoms with Crippen molar-refractivity contribution < 1.29 is 4.79 Å². The molecule has 1 atom stereocenters. The number of hydrogen-bond donors (Lipinski definition) is 1. The van der Waals surface area contributed by atoms with Gasteiger partial charge in [-0.3, -0.25) is 4.79 Å². The van der Waals surface area contributed by atoms with Crippen molar-refractivity contribution in [1.82, 2.24) is 15.1 Å². The maximum absolute atomic E-state index is 12.1. The molecule has 1 N–H and O–H groups in total. The van der Waals surface area contributed by atoms with Crippen LogP contribution in [0.15, 0.2) is 0 Å². The molecule has 1 saturated heterocycles. The first-order valence-corrected chi connectivity index (χ1v) is 8.86. The number of nitrogens with zero attached hydrogens (tertiary/aromatic N) is 3. The van der Waals surface area contributed by atoms with Gasteiger partial charge in [-0.15, -0.1) is 0 Å². The Morgan fingerprint density at radius 3 is 2.41 bits per heavy atom. The summed E-state index contributed by atoms with van der Waals surface area (Å²) in [6, 6.07) is 2.01. The zero-order chi connectivity index (χ0) is 15.8. The van der Waals surface area contributed by atoms with Crippen molar-refractivity contribution in [1.29, 1.82) is 5.26 Å². The zero-order valence-corrected chi connectivity index (χ0v) is 13.9. The summed E-state index contributed by atoms with van der Waals surface area (Å²) >= 11 is 0. The van der Waals surface area contributed by atoms with Crippen molar-refractivity contribution in [2.24, 2.45) is 5.92 Å². The van der Waals surface area contributed by atoms with Gasteiger partial charge in [-0.05, 0) is 25.3 Å². The average Bonchev–Trinajstić information content (AvgIpc) is 2.59. The Morgan fingerprint density at radius 2 is 1.82 bits per heavy atom. The fourth-order valence-corrected chi connectivity index (χ4v) is 3.56. The lowest BCUT2D eigenvalue weighted by atomic mass is 9.84. The van der Waals surface area contributed by atoms with Crippen LogP contribution >= 0.6 is 0 Å². The highest BCUT2D eigenvalue weighted by Crippen LogP contribution is 2.26. The Kier molecular flexibility index (Phi) is 7.14. The molecular weight excluding hydrogens is 276 g/mol. The van der Waals surface area contributed by atoms with E-state index in [0.717, 1.165) is 52.1 Å². The highest BCUT2D eigenvalue weighted by atomic mass is 16.1. The van der Waals surface area contributed by atoms with E-state index in [4.69, 9.17) is 0 Å². The molecule has 0 spiro atoms. The number of hydrogen-bond acceptors (Lipinski definition) is 4. The molecule has 1 heterocycles. The Balaban J connectivity index is 1.67. The summed E-state index contributed by atoms with van der Waals surface area (Å²) in [5.41, 5.74) is 0. The first-order valence-electron chi connectivity index (χ1n) is 8.86. The molecule has 2 rings (SSSR count). The Morgan fingerprint density at radius 1 is 1.18 bits per heavy atom. The normalized spacial score (nSPS) is 22.9. The molecule has 0 bridgehead atoms. The van der Waals surface area contributed by atoms with E-state index in [-0.39, 0.29) is 11.9 Å². The molecule has 5 nitrogen and oxygen atoms in total. The molecule has 1 saturated carbocycles. The van der Waals surface area contributed by atoms with Crippen LogP contribution in [0.2, 0.25) is 0 Å². The minimum atomic E-state index is -0.287. The number of likely N-dealkylation sites (N-methyl/N-ethyl adjacent to an activating group) is 1. The summed E-state index contributed by atoms with van der Waals surface area (Å²) in [6.07, 6.45) is 6.33. The fourth-order valence-electron chi connectivity index (χ4n) is 3.56. The number of carbonyl (C=O) groups excluding carboxylic acids is 1. The summed E-state index contributed by atoms with van der Waals surface area (Å²) in [5, 5.41) is 12.3. The van der Waals surface area contributed by atoms with Crippen molar-refractivity contribution in [3.05, 3.63) is 0 Å². The lowest BCUT2D eigenvalue weighted by Crippen LogP contribution is -2.47. The van der Waals surface area contributed by atoms with Gasteiger partial charge in [0.15, 0.2) is 0 Å². The minimum absolute atomic E-state index is 0.0371. The van der Waals surface area contributed by atoms with Crippen LogP contribution in [0.4, 0.5) is 0 Å². The molecule has 2 fully saturated rings. The summed E-state index contributed by atoms with van der Waals surface area (Å²) < 4.78 is 0. The van der Waals surface area contributed by atoms with Gasteiger partial charge in [0, 0.05) is 39.1 Å². The Labute approximate surface area is 134 Å². The van der Waals surface area contributed by atoms with E-state index in [2.05, 4.69) is 28.1 Å². The van der Waals surface area contributed by atoms with Crippen LogP contribution < -0.4 is 5.32 Å². The molecule has 2 aliphatic rings. The average molecular weight is 306 g/mol. The molecule has 1 amide bonds. The van der Waals surface area contributed by atoms with Crippen molar-refractivity contribution in [2.75, 3.05) is 39.3 Å². The van der Waals surface area contributed by atoms with Crippen molar-refractivity contribution >= 4 is 5.91 Å². The third-order valence-corrected chi connectivity index (χ3v) is 5.14. The van der Waals surface area contributed by atoms with Gasteiger partial charge in [0.1, 0.15) is 6.04 Å². The van der Waals surface area contributed by atoms with E-state index < -0.39 is 0 Å². The Hall–Kier alpha value is -1.12. The van der Waals surface area contributed by atoms with Crippen LogP contribution in [0.1, 0.15) is 45.4 Å². The number of amides is 1. The monoisotopic (exact) mass is 306 g/mol. The lowest BCUT2D eigenvalue weighted by molar-refractivity contribution is -0.122. The maximum Gasteiger partial charge on any atom is 0.222 e. The summed E-state index contributed by atoms with van der Waals surface area (Å²) in [6.45, 7) is 8.40. The van der Waals surface area contributed by atoms with Gasteiger partial charge in [-0.25, -0.2) is 0 Å².